The molecule has 7 heteroatoms. The number of fused-ring (bicyclic) bond motifs is 2. The van der Waals surface area contributed by atoms with Crippen LogP contribution in [0.25, 0.3) is 21.9 Å². The molecule has 0 spiro atoms. The summed E-state index contributed by atoms with van der Waals surface area (Å²) >= 11 is 0. The summed E-state index contributed by atoms with van der Waals surface area (Å²) in [6.45, 7) is 7.12. The highest BCUT2D eigenvalue weighted by molar-refractivity contribution is 5.86. The molecule has 0 unspecified atom stereocenters. The van der Waals surface area contributed by atoms with E-state index in [2.05, 4.69) is 81.5 Å². The number of imidazole rings is 1. The van der Waals surface area contributed by atoms with E-state index >= 15 is 0 Å². The number of aliphatic hydroxyl groups excluding tert-OH is 1. The van der Waals surface area contributed by atoms with E-state index in [4.69, 9.17) is 4.98 Å². The Kier molecular flexibility index (Phi) is 7.95. The second-order valence-corrected chi connectivity index (χ2v) is 9.12. The standard InChI is InChI=1S/C27H36N6O/c1-4-22(17-34)30-27-31-25(24-26(32-27)33(18-29-24)19(2)3)28-16-9-5-6-11-20-13-10-14-21-12-7-8-15-23(20)21/h7-8,10,12-15,18-19,22,34H,4-6,9,11,16-17H2,1-3H3,(H2,28,30,31,32)/t22-/m1/s1. The van der Waals surface area contributed by atoms with Crippen molar-refractivity contribution in [1.82, 2.24) is 19.5 Å². The minimum Gasteiger partial charge on any atom is -0.394 e. The summed E-state index contributed by atoms with van der Waals surface area (Å²) in [7, 11) is 0. The Morgan fingerprint density at radius 3 is 2.62 bits per heavy atom. The molecule has 1 atom stereocenters. The molecule has 2 aromatic carbocycles. The normalized spacial score (nSPS) is 12.5. The van der Waals surface area contributed by atoms with Crippen molar-refractivity contribution in [2.45, 2.75) is 65.0 Å². The first-order valence-electron chi connectivity index (χ1n) is 12.4. The molecule has 0 aliphatic carbocycles. The van der Waals surface area contributed by atoms with Crippen LogP contribution in [0.3, 0.4) is 0 Å². The summed E-state index contributed by atoms with van der Waals surface area (Å²) in [6, 6.07) is 15.4. The number of hydrogen-bond acceptors (Lipinski definition) is 6. The molecule has 0 bridgehead atoms. The van der Waals surface area contributed by atoms with Gasteiger partial charge in [-0.1, -0.05) is 55.8 Å². The van der Waals surface area contributed by atoms with Crippen LogP contribution in [0, 0.1) is 0 Å². The third-order valence-corrected chi connectivity index (χ3v) is 6.32. The zero-order chi connectivity index (χ0) is 23.9. The van der Waals surface area contributed by atoms with E-state index in [1.165, 1.54) is 16.3 Å². The maximum absolute atomic E-state index is 9.59. The van der Waals surface area contributed by atoms with Gasteiger partial charge in [-0.15, -0.1) is 0 Å². The molecule has 0 aliphatic heterocycles. The molecule has 4 aromatic rings. The van der Waals surface area contributed by atoms with Gasteiger partial charge in [0.2, 0.25) is 5.95 Å². The lowest BCUT2D eigenvalue weighted by atomic mass is 10.00. The van der Waals surface area contributed by atoms with Gasteiger partial charge in [-0.3, -0.25) is 0 Å². The molecule has 4 rings (SSSR count). The van der Waals surface area contributed by atoms with Crippen LogP contribution < -0.4 is 10.6 Å². The topological polar surface area (TPSA) is 87.9 Å². The van der Waals surface area contributed by atoms with Gasteiger partial charge in [-0.25, -0.2) is 4.98 Å². The second-order valence-electron chi connectivity index (χ2n) is 9.12. The molecule has 0 saturated carbocycles. The summed E-state index contributed by atoms with van der Waals surface area (Å²) in [5.74, 6) is 1.27. The van der Waals surface area contributed by atoms with Crippen LogP contribution in [0.4, 0.5) is 11.8 Å². The van der Waals surface area contributed by atoms with Crippen molar-refractivity contribution in [3.8, 4) is 0 Å². The van der Waals surface area contributed by atoms with E-state index in [1.807, 2.05) is 13.3 Å². The van der Waals surface area contributed by atoms with Gasteiger partial charge in [0.25, 0.3) is 0 Å². The molecule has 0 aliphatic rings. The quantitative estimate of drug-likeness (QED) is 0.240. The molecule has 2 heterocycles. The van der Waals surface area contributed by atoms with Crippen molar-refractivity contribution < 1.29 is 5.11 Å². The summed E-state index contributed by atoms with van der Waals surface area (Å²) in [5, 5.41) is 19.0. The van der Waals surface area contributed by atoms with E-state index in [-0.39, 0.29) is 18.7 Å². The lowest BCUT2D eigenvalue weighted by Crippen LogP contribution is -2.24. The molecule has 0 saturated heterocycles. The van der Waals surface area contributed by atoms with E-state index in [9.17, 15) is 5.11 Å². The Labute approximate surface area is 201 Å². The van der Waals surface area contributed by atoms with E-state index in [0.29, 0.717) is 5.95 Å². The van der Waals surface area contributed by atoms with Gasteiger partial charge in [-0.05, 0) is 55.9 Å². The Hall–Kier alpha value is -3.19. The van der Waals surface area contributed by atoms with Gasteiger partial charge in [0.15, 0.2) is 17.0 Å². The number of rotatable bonds is 12. The Bertz CT molecular complexity index is 1210. The second kappa shape index (κ2) is 11.3. The van der Waals surface area contributed by atoms with Crippen LogP contribution in [-0.2, 0) is 6.42 Å². The largest absolute Gasteiger partial charge is 0.394 e. The van der Waals surface area contributed by atoms with Crippen LogP contribution in [0.15, 0.2) is 48.8 Å². The fourth-order valence-electron chi connectivity index (χ4n) is 4.28. The number of aliphatic hydroxyl groups is 1. The van der Waals surface area contributed by atoms with Crippen molar-refractivity contribution in [3.05, 3.63) is 54.4 Å². The van der Waals surface area contributed by atoms with Gasteiger partial charge in [-0.2, -0.15) is 9.97 Å². The molecule has 7 nitrogen and oxygen atoms in total. The first kappa shape index (κ1) is 24.0. The van der Waals surface area contributed by atoms with Crippen molar-refractivity contribution in [2.75, 3.05) is 23.8 Å². The molecule has 2 aromatic heterocycles. The lowest BCUT2D eigenvalue weighted by molar-refractivity contribution is 0.271. The first-order chi connectivity index (χ1) is 16.6. The molecule has 0 fully saturated rings. The van der Waals surface area contributed by atoms with Crippen LogP contribution in [-0.4, -0.2) is 43.8 Å². The minimum absolute atomic E-state index is 0.0425. The summed E-state index contributed by atoms with van der Waals surface area (Å²) in [5.41, 5.74) is 3.01. The van der Waals surface area contributed by atoms with Crippen LogP contribution in [0.5, 0.6) is 0 Å². The van der Waals surface area contributed by atoms with Crippen molar-refractivity contribution in [1.29, 1.82) is 0 Å². The van der Waals surface area contributed by atoms with E-state index in [0.717, 1.165) is 55.6 Å². The smallest absolute Gasteiger partial charge is 0.227 e. The number of nitrogens with one attached hydrogen (secondary N) is 2. The maximum Gasteiger partial charge on any atom is 0.227 e. The van der Waals surface area contributed by atoms with Crippen LogP contribution in [0.1, 0.15) is 58.1 Å². The summed E-state index contributed by atoms with van der Waals surface area (Å²) < 4.78 is 2.05. The Morgan fingerprint density at radius 2 is 1.82 bits per heavy atom. The van der Waals surface area contributed by atoms with Gasteiger partial charge in [0.1, 0.15) is 0 Å². The monoisotopic (exact) mass is 460 g/mol. The highest BCUT2D eigenvalue weighted by atomic mass is 16.3. The zero-order valence-electron chi connectivity index (χ0n) is 20.5. The molecule has 3 N–H and O–H groups in total. The fourth-order valence-corrected chi connectivity index (χ4v) is 4.28. The first-order valence-corrected chi connectivity index (χ1v) is 12.4. The predicted molar refractivity (Wildman–Crippen MR) is 140 cm³/mol. The zero-order valence-corrected chi connectivity index (χ0v) is 20.5. The van der Waals surface area contributed by atoms with Crippen LogP contribution >= 0.6 is 0 Å². The number of hydrogen-bond donors (Lipinski definition) is 3. The number of unbranched alkanes of at least 4 members (excludes halogenated alkanes) is 2. The van der Waals surface area contributed by atoms with Crippen molar-refractivity contribution >= 4 is 33.7 Å². The van der Waals surface area contributed by atoms with E-state index < -0.39 is 0 Å². The number of anilines is 2. The average molecular weight is 461 g/mol. The minimum atomic E-state index is -0.0743. The highest BCUT2D eigenvalue weighted by Gasteiger charge is 2.16. The molecule has 34 heavy (non-hydrogen) atoms. The Morgan fingerprint density at radius 1 is 1.00 bits per heavy atom. The SMILES string of the molecule is CC[C@H](CO)Nc1nc(NCCCCCc2cccc3ccccc23)c2ncn(C(C)C)c2n1. The van der Waals surface area contributed by atoms with Gasteiger partial charge < -0.3 is 20.3 Å². The van der Waals surface area contributed by atoms with Gasteiger partial charge in [0, 0.05) is 12.6 Å². The van der Waals surface area contributed by atoms with Crippen molar-refractivity contribution in [2.24, 2.45) is 0 Å². The number of benzene rings is 2. The molecular weight excluding hydrogens is 424 g/mol. The number of aryl methyl sites for hydroxylation is 1. The Balaban J connectivity index is 1.38. The fraction of sp³-hybridized carbons (Fsp3) is 0.444. The van der Waals surface area contributed by atoms with Crippen LogP contribution in [0.2, 0.25) is 0 Å². The third kappa shape index (κ3) is 5.47. The van der Waals surface area contributed by atoms with Gasteiger partial charge in [0.05, 0.1) is 19.0 Å². The lowest BCUT2D eigenvalue weighted by Gasteiger charge is -2.16. The maximum atomic E-state index is 9.59. The molecule has 180 valence electrons. The number of aromatic nitrogens is 4. The highest BCUT2D eigenvalue weighted by Crippen LogP contribution is 2.24. The average Bonchev–Trinajstić information content (AvgIpc) is 3.29. The van der Waals surface area contributed by atoms with Crippen molar-refractivity contribution in [3.63, 3.8) is 0 Å². The molecule has 0 radical (unpaired) electrons. The van der Waals surface area contributed by atoms with E-state index in [1.54, 1.807) is 0 Å². The molecule has 0 amide bonds. The molecular formula is C27H36N6O. The predicted octanol–water partition coefficient (Wildman–Crippen LogP) is 5.57. The summed E-state index contributed by atoms with van der Waals surface area (Å²) in [6.07, 6.45) is 7.05. The number of nitrogens with zero attached hydrogens (tertiary/aromatic N) is 4. The van der Waals surface area contributed by atoms with Gasteiger partial charge >= 0.3 is 0 Å². The summed E-state index contributed by atoms with van der Waals surface area (Å²) in [4.78, 5) is 14.0. The third-order valence-electron chi connectivity index (χ3n) is 6.32.